The molecule has 0 N–H and O–H groups in total. The zero-order valence-corrected chi connectivity index (χ0v) is 11.0. The van der Waals surface area contributed by atoms with E-state index in [1.54, 1.807) is 12.3 Å². The van der Waals surface area contributed by atoms with Crippen LogP contribution in [0.1, 0.15) is 26.3 Å². The fraction of sp³-hybridized carbons (Fsp3) is 0.400. The van der Waals surface area contributed by atoms with Gasteiger partial charge >= 0.3 is 0 Å². The summed E-state index contributed by atoms with van der Waals surface area (Å²) in [6.07, 6.45) is 1.69. The maximum absolute atomic E-state index is 12.2. The molecule has 0 aliphatic carbocycles. The summed E-state index contributed by atoms with van der Waals surface area (Å²) in [5.41, 5.74) is 2.16. The Morgan fingerprint density at radius 1 is 1.22 bits per heavy atom. The van der Waals surface area contributed by atoms with Crippen LogP contribution in [0, 0.1) is 0 Å². The van der Waals surface area contributed by atoms with Gasteiger partial charge in [-0.25, -0.2) is 4.39 Å². The number of fused-ring (bicyclic) bond motifs is 1. The number of rotatable bonds is 3. The minimum absolute atomic E-state index is 0.0708. The van der Waals surface area contributed by atoms with E-state index >= 15 is 0 Å². The highest BCUT2D eigenvalue weighted by Crippen LogP contribution is 2.30. The van der Waals surface area contributed by atoms with Crippen molar-refractivity contribution in [2.45, 2.75) is 26.2 Å². The lowest BCUT2D eigenvalue weighted by molar-refractivity contribution is 0.276. The van der Waals surface area contributed by atoms with Gasteiger partial charge in [-0.3, -0.25) is 4.98 Å². The summed E-state index contributed by atoms with van der Waals surface area (Å²) < 4.78 is 17.6. The molecule has 1 aromatic carbocycles. The molecule has 0 aliphatic heterocycles. The number of hydrogen-bond donors (Lipinski definition) is 0. The molecule has 96 valence electrons. The summed E-state index contributed by atoms with van der Waals surface area (Å²) in [5, 5.41) is 0.943. The highest BCUT2D eigenvalue weighted by molar-refractivity contribution is 5.85. The molecule has 0 saturated heterocycles. The van der Waals surface area contributed by atoms with Crippen molar-refractivity contribution in [3.05, 3.63) is 36.0 Å². The Balaban J connectivity index is 2.51. The average Bonchev–Trinajstić information content (AvgIpc) is 2.34. The van der Waals surface area contributed by atoms with Crippen molar-refractivity contribution in [3.8, 4) is 5.75 Å². The lowest BCUT2D eigenvalue weighted by atomic mass is 9.86. The van der Waals surface area contributed by atoms with Gasteiger partial charge in [0.15, 0.2) is 0 Å². The molecule has 2 nitrogen and oxygen atoms in total. The number of pyridine rings is 1. The van der Waals surface area contributed by atoms with Gasteiger partial charge in [0.05, 0.1) is 5.52 Å². The first-order valence-corrected chi connectivity index (χ1v) is 6.10. The Morgan fingerprint density at radius 2 is 2.00 bits per heavy atom. The fourth-order valence-corrected chi connectivity index (χ4v) is 1.86. The molecule has 1 heterocycles. The Morgan fingerprint density at radius 3 is 2.67 bits per heavy atom. The van der Waals surface area contributed by atoms with E-state index in [0.29, 0.717) is 5.75 Å². The lowest BCUT2D eigenvalue weighted by Gasteiger charge is -2.19. The van der Waals surface area contributed by atoms with Gasteiger partial charge in [-0.1, -0.05) is 26.8 Å². The van der Waals surface area contributed by atoms with E-state index in [0.717, 1.165) is 10.9 Å². The largest absolute Gasteiger partial charge is 0.490 e. The molecular weight excluding hydrogens is 229 g/mol. The first kappa shape index (κ1) is 12.8. The van der Waals surface area contributed by atoms with Crippen LogP contribution >= 0.6 is 0 Å². The molecule has 1 aromatic heterocycles. The van der Waals surface area contributed by atoms with Gasteiger partial charge in [0, 0.05) is 11.6 Å². The van der Waals surface area contributed by atoms with Crippen molar-refractivity contribution >= 4 is 10.9 Å². The van der Waals surface area contributed by atoms with Crippen LogP contribution in [0.2, 0.25) is 0 Å². The van der Waals surface area contributed by atoms with Gasteiger partial charge in [0.25, 0.3) is 0 Å². The number of benzene rings is 1. The minimum Gasteiger partial charge on any atom is -0.490 e. The fourth-order valence-electron chi connectivity index (χ4n) is 1.86. The van der Waals surface area contributed by atoms with Crippen LogP contribution in [0.15, 0.2) is 30.5 Å². The van der Waals surface area contributed by atoms with Crippen molar-refractivity contribution in [2.75, 3.05) is 13.3 Å². The third kappa shape index (κ3) is 2.61. The molecule has 2 aromatic rings. The van der Waals surface area contributed by atoms with Crippen LogP contribution in [0.5, 0.6) is 5.75 Å². The van der Waals surface area contributed by atoms with E-state index < -0.39 is 6.67 Å². The van der Waals surface area contributed by atoms with Crippen molar-refractivity contribution in [1.82, 2.24) is 4.98 Å². The average molecular weight is 247 g/mol. The van der Waals surface area contributed by atoms with E-state index in [-0.39, 0.29) is 12.0 Å². The van der Waals surface area contributed by atoms with Crippen LogP contribution in [-0.2, 0) is 5.41 Å². The standard InChI is InChI=1S/C15H18FNO/c1-15(2,3)11-4-5-13-12(10-11)14(6-8-17-13)18-9-7-16/h4-6,8,10H,7,9H2,1-3H3. The summed E-state index contributed by atoms with van der Waals surface area (Å²) in [6.45, 7) is 6.08. The van der Waals surface area contributed by atoms with Crippen molar-refractivity contribution in [3.63, 3.8) is 0 Å². The summed E-state index contributed by atoms with van der Waals surface area (Å²) in [4.78, 5) is 4.30. The molecule has 0 spiro atoms. The molecule has 0 saturated carbocycles. The molecule has 0 atom stereocenters. The molecule has 0 unspecified atom stereocenters. The van der Waals surface area contributed by atoms with Gasteiger partial charge in [-0.05, 0) is 29.2 Å². The van der Waals surface area contributed by atoms with E-state index in [9.17, 15) is 4.39 Å². The molecule has 0 amide bonds. The number of hydrogen-bond acceptors (Lipinski definition) is 2. The number of halogens is 1. The van der Waals surface area contributed by atoms with Gasteiger partial charge in [-0.15, -0.1) is 0 Å². The molecule has 3 heteroatoms. The lowest BCUT2D eigenvalue weighted by Crippen LogP contribution is -2.10. The molecule has 2 rings (SSSR count). The second-order valence-corrected chi connectivity index (χ2v) is 5.33. The second kappa shape index (κ2) is 4.92. The zero-order chi connectivity index (χ0) is 13.2. The molecule has 0 aliphatic rings. The SMILES string of the molecule is CC(C)(C)c1ccc2nccc(OCCF)c2c1. The number of nitrogens with zero attached hydrogens (tertiary/aromatic N) is 1. The first-order chi connectivity index (χ1) is 8.52. The highest BCUT2D eigenvalue weighted by atomic mass is 19.1. The molecule has 18 heavy (non-hydrogen) atoms. The predicted octanol–water partition coefficient (Wildman–Crippen LogP) is 3.88. The Kier molecular flexibility index (Phi) is 3.50. The Hall–Kier alpha value is -1.64. The van der Waals surface area contributed by atoms with E-state index in [4.69, 9.17) is 4.74 Å². The predicted molar refractivity (Wildman–Crippen MR) is 71.9 cm³/mol. The van der Waals surface area contributed by atoms with Crippen LogP contribution in [0.4, 0.5) is 4.39 Å². The Bertz CT molecular complexity index is 546. The van der Waals surface area contributed by atoms with Gasteiger partial charge in [-0.2, -0.15) is 0 Å². The third-order valence-electron chi connectivity index (χ3n) is 2.90. The first-order valence-electron chi connectivity index (χ1n) is 6.10. The topological polar surface area (TPSA) is 22.1 Å². The minimum atomic E-state index is -0.483. The monoisotopic (exact) mass is 247 g/mol. The summed E-state index contributed by atoms with van der Waals surface area (Å²) >= 11 is 0. The van der Waals surface area contributed by atoms with Crippen LogP contribution < -0.4 is 4.74 Å². The quantitative estimate of drug-likeness (QED) is 0.821. The smallest absolute Gasteiger partial charge is 0.130 e. The second-order valence-electron chi connectivity index (χ2n) is 5.33. The summed E-state index contributed by atoms with van der Waals surface area (Å²) in [7, 11) is 0. The van der Waals surface area contributed by atoms with Gasteiger partial charge < -0.3 is 4.74 Å². The van der Waals surface area contributed by atoms with Crippen LogP contribution in [0.3, 0.4) is 0 Å². The molecule has 0 bridgehead atoms. The van der Waals surface area contributed by atoms with Crippen molar-refractivity contribution in [2.24, 2.45) is 0 Å². The van der Waals surface area contributed by atoms with E-state index in [1.807, 2.05) is 6.07 Å². The summed E-state index contributed by atoms with van der Waals surface area (Å²) in [6, 6.07) is 7.92. The maximum atomic E-state index is 12.2. The van der Waals surface area contributed by atoms with E-state index in [1.165, 1.54) is 5.56 Å². The normalized spacial score (nSPS) is 11.8. The summed E-state index contributed by atoms with van der Waals surface area (Å²) in [5.74, 6) is 0.698. The van der Waals surface area contributed by atoms with Crippen molar-refractivity contribution < 1.29 is 9.13 Å². The highest BCUT2D eigenvalue weighted by Gasteiger charge is 2.15. The Labute approximate surface area is 107 Å². The maximum Gasteiger partial charge on any atom is 0.130 e. The van der Waals surface area contributed by atoms with Crippen LogP contribution in [0.25, 0.3) is 10.9 Å². The zero-order valence-electron chi connectivity index (χ0n) is 11.0. The molecular formula is C15H18FNO. The number of ether oxygens (including phenoxy) is 1. The van der Waals surface area contributed by atoms with E-state index in [2.05, 4.69) is 37.9 Å². The van der Waals surface area contributed by atoms with Gasteiger partial charge in [0.1, 0.15) is 19.0 Å². The molecule has 0 fully saturated rings. The van der Waals surface area contributed by atoms with Crippen LogP contribution in [-0.4, -0.2) is 18.3 Å². The number of aromatic nitrogens is 1. The van der Waals surface area contributed by atoms with Gasteiger partial charge in [0.2, 0.25) is 0 Å². The van der Waals surface area contributed by atoms with Crippen molar-refractivity contribution in [1.29, 1.82) is 0 Å². The third-order valence-corrected chi connectivity index (χ3v) is 2.90. The number of alkyl halides is 1. The molecule has 0 radical (unpaired) electrons.